The van der Waals surface area contributed by atoms with E-state index in [9.17, 15) is 4.79 Å². The molecule has 1 saturated carbocycles. The van der Waals surface area contributed by atoms with Crippen LogP contribution in [-0.2, 0) is 10.3 Å². The minimum absolute atomic E-state index is 0.168. The number of nitriles is 1. The molecule has 2 rings (SSSR count). The number of pyridine rings is 1. The number of hydrogen-bond acceptors (Lipinski definition) is 4. The predicted molar refractivity (Wildman–Crippen MR) is 88.1 cm³/mol. The van der Waals surface area contributed by atoms with Crippen LogP contribution in [0.15, 0.2) is 12.1 Å². The van der Waals surface area contributed by atoms with Gasteiger partial charge in [-0.2, -0.15) is 5.26 Å². The minimum atomic E-state index is -0.585. The summed E-state index contributed by atoms with van der Waals surface area (Å²) in [6.07, 6.45) is 4.22. The van der Waals surface area contributed by atoms with Gasteiger partial charge in [0.2, 0.25) is 0 Å². The number of rotatable bonds is 2. The zero-order chi connectivity index (χ0) is 17.1. The first kappa shape index (κ1) is 17.6. The smallest absolute Gasteiger partial charge is 0.408 e. The number of carbonyl (C=O) groups is 1. The fraction of sp³-hybridized carbons (Fsp3) is 0.588. The highest BCUT2D eigenvalue weighted by Gasteiger charge is 2.38. The SMILES string of the molecule is CC(C)(C)OC(=O)NC1(c2ccc(C#N)c(Cl)n2)CCCCC1. The monoisotopic (exact) mass is 335 g/mol. The molecule has 1 aliphatic rings. The van der Waals surface area contributed by atoms with Gasteiger partial charge in [-0.15, -0.1) is 0 Å². The number of carbonyl (C=O) groups excluding carboxylic acids is 1. The molecule has 1 N–H and O–H groups in total. The van der Waals surface area contributed by atoms with E-state index in [0.717, 1.165) is 32.1 Å². The minimum Gasteiger partial charge on any atom is -0.444 e. The van der Waals surface area contributed by atoms with Crippen molar-refractivity contribution < 1.29 is 9.53 Å². The van der Waals surface area contributed by atoms with Crippen LogP contribution in [0.3, 0.4) is 0 Å². The van der Waals surface area contributed by atoms with Crippen LogP contribution in [0.2, 0.25) is 5.15 Å². The maximum absolute atomic E-state index is 12.3. The third-order valence-corrected chi connectivity index (χ3v) is 4.19. The number of ether oxygens (including phenoxy) is 1. The quantitative estimate of drug-likeness (QED) is 0.818. The molecule has 1 aromatic rings. The number of alkyl carbamates (subject to hydrolysis) is 1. The van der Waals surface area contributed by atoms with Crippen molar-refractivity contribution in [1.29, 1.82) is 5.26 Å². The molecule has 0 aromatic carbocycles. The van der Waals surface area contributed by atoms with Crippen LogP contribution in [0.1, 0.15) is 64.1 Å². The molecule has 124 valence electrons. The average Bonchev–Trinajstić information content (AvgIpc) is 2.46. The normalized spacial score (nSPS) is 17.2. The largest absolute Gasteiger partial charge is 0.444 e. The lowest BCUT2D eigenvalue weighted by atomic mass is 9.79. The van der Waals surface area contributed by atoms with Crippen LogP contribution in [-0.4, -0.2) is 16.7 Å². The highest BCUT2D eigenvalue weighted by molar-refractivity contribution is 6.30. The van der Waals surface area contributed by atoms with Gasteiger partial charge >= 0.3 is 6.09 Å². The van der Waals surface area contributed by atoms with Crippen molar-refractivity contribution in [2.45, 2.75) is 64.0 Å². The van der Waals surface area contributed by atoms with E-state index in [-0.39, 0.29) is 5.15 Å². The van der Waals surface area contributed by atoms with E-state index in [2.05, 4.69) is 10.3 Å². The standard InChI is InChI=1S/C17H22ClN3O2/c1-16(2,3)23-15(22)21-17(9-5-4-6-10-17)13-8-7-12(11-19)14(18)20-13/h7-8H,4-6,9-10H2,1-3H3,(H,21,22). The Kier molecular flexibility index (Phi) is 5.16. The Morgan fingerprint density at radius 3 is 2.52 bits per heavy atom. The van der Waals surface area contributed by atoms with Gasteiger partial charge in [-0.05, 0) is 45.7 Å². The van der Waals surface area contributed by atoms with Crippen LogP contribution in [0.5, 0.6) is 0 Å². The van der Waals surface area contributed by atoms with Gasteiger partial charge in [0.25, 0.3) is 0 Å². The third kappa shape index (κ3) is 4.35. The van der Waals surface area contributed by atoms with Gasteiger partial charge in [0, 0.05) is 0 Å². The highest BCUT2D eigenvalue weighted by atomic mass is 35.5. The molecule has 0 bridgehead atoms. The Morgan fingerprint density at radius 2 is 2.00 bits per heavy atom. The lowest BCUT2D eigenvalue weighted by molar-refractivity contribution is 0.0416. The fourth-order valence-electron chi connectivity index (χ4n) is 2.88. The van der Waals surface area contributed by atoms with Gasteiger partial charge in [-0.25, -0.2) is 9.78 Å². The molecule has 0 atom stereocenters. The van der Waals surface area contributed by atoms with Crippen LogP contribution < -0.4 is 5.32 Å². The summed E-state index contributed by atoms with van der Waals surface area (Å²) < 4.78 is 5.40. The van der Waals surface area contributed by atoms with Crippen molar-refractivity contribution in [2.75, 3.05) is 0 Å². The molecular weight excluding hydrogens is 314 g/mol. The summed E-state index contributed by atoms with van der Waals surface area (Å²) in [4.78, 5) is 16.6. The summed E-state index contributed by atoms with van der Waals surface area (Å²) in [5.74, 6) is 0. The summed E-state index contributed by atoms with van der Waals surface area (Å²) in [5, 5.41) is 12.2. The van der Waals surface area contributed by atoms with Crippen LogP contribution in [0.25, 0.3) is 0 Å². The zero-order valence-electron chi connectivity index (χ0n) is 13.8. The maximum atomic E-state index is 12.3. The van der Waals surface area contributed by atoms with Gasteiger partial charge in [-0.3, -0.25) is 0 Å². The van der Waals surface area contributed by atoms with Crippen molar-refractivity contribution >= 4 is 17.7 Å². The lowest BCUT2D eigenvalue weighted by Crippen LogP contribution is -2.49. The molecule has 23 heavy (non-hydrogen) atoms. The van der Waals surface area contributed by atoms with Crippen molar-refractivity contribution in [3.05, 3.63) is 28.5 Å². The predicted octanol–water partition coefficient (Wildman–Crippen LogP) is 4.29. The van der Waals surface area contributed by atoms with Crippen molar-refractivity contribution in [3.8, 4) is 6.07 Å². The van der Waals surface area contributed by atoms with Crippen LogP contribution in [0, 0.1) is 11.3 Å². The summed E-state index contributed by atoms with van der Waals surface area (Å²) in [6, 6.07) is 5.42. The Morgan fingerprint density at radius 1 is 1.35 bits per heavy atom. The lowest BCUT2D eigenvalue weighted by Gasteiger charge is -2.38. The van der Waals surface area contributed by atoms with Crippen molar-refractivity contribution in [1.82, 2.24) is 10.3 Å². The molecule has 5 nitrogen and oxygen atoms in total. The van der Waals surface area contributed by atoms with E-state index in [1.165, 1.54) is 0 Å². The summed E-state index contributed by atoms with van der Waals surface area (Å²) in [7, 11) is 0. The first-order chi connectivity index (χ1) is 10.8. The molecule has 1 aromatic heterocycles. The summed E-state index contributed by atoms with van der Waals surface area (Å²) in [5.41, 5.74) is -0.126. The van der Waals surface area contributed by atoms with Crippen LogP contribution in [0.4, 0.5) is 4.79 Å². The van der Waals surface area contributed by atoms with E-state index in [4.69, 9.17) is 21.6 Å². The molecule has 6 heteroatoms. The van der Waals surface area contributed by atoms with E-state index in [0.29, 0.717) is 11.3 Å². The third-order valence-electron chi connectivity index (χ3n) is 3.91. The summed E-state index contributed by atoms with van der Waals surface area (Å²) in [6.45, 7) is 5.49. The van der Waals surface area contributed by atoms with E-state index >= 15 is 0 Å². The molecule has 0 unspecified atom stereocenters. The zero-order valence-corrected chi connectivity index (χ0v) is 14.5. The first-order valence-corrected chi connectivity index (χ1v) is 8.22. The first-order valence-electron chi connectivity index (χ1n) is 7.84. The summed E-state index contributed by atoms with van der Waals surface area (Å²) >= 11 is 6.08. The van der Waals surface area contributed by atoms with Crippen LogP contribution >= 0.6 is 11.6 Å². The molecule has 0 radical (unpaired) electrons. The van der Waals surface area contributed by atoms with Gasteiger partial charge < -0.3 is 10.1 Å². The van der Waals surface area contributed by atoms with Gasteiger partial charge in [-0.1, -0.05) is 30.9 Å². The fourth-order valence-corrected chi connectivity index (χ4v) is 3.08. The second-order valence-corrected chi connectivity index (χ2v) is 7.27. The molecule has 1 fully saturated rings. The Hall–Kier alpha value is -1.80. The molecular formula is C17H22ClN3O2. The number of aromatic nitrogens is 1. The van der Waals surface area contributed by atoms with Gasteiger partial charge in [0.1, 0.15) is 16.8 Å². The highest BCUT2D eigenvalue weighted by Crippen LogP contribution is 2.37. The Bertz CT molecular complexity index is 626. The van der Waals surface area contributed by atoms with E-state index in [1.807, 2.05) is 26.8 Å². The Balaban J connectivity index is 2.31. The number of halogens is 1. The molecule has 1 amide bonds. The van der Waals surface area contributed by atoms with E-state index < -0.39 is 17.2 Å². The number of nitrogens with one attached hydrogen (secondary N) is 1. The molecule has 0 saturated heterocycles. The van der Waals surface area contributed by atoms with E-state index in [1.54, 1.807) is 12.1 Å². The molecule has 1 aliphatic carbocycles. The van der Waals surface area contributed by atoms with Gasteiger partial charge in [0.15, 0.2) is 0 Å². The number of nitrogens with zero attached hydrogens (tertiary/aromatic N) is 2. The average molecular weight is 336 g/mol. The second-order valence-electron chi connectivity index (χ2n) is 6.92. The molecule has 0 aliphatic heterocycles. The second kappa shape index (κ2) is 6.76. The Labute approximate surface area is 142 Å². The molecule has 1 heterocycles. The van der Waals surface area contributed by atoms with Crippen molar-refractivity contribution in [2.24, 2.45) is 0 Å². The van der Waals surface area contributed by atoms with Gasteiger partial charge in [0.05, 0.1) is 16.8 Å². The number of amides is 1. The van der Waals surface area contributed by atoms with Crippen molar-refractivity contribution in [3.63, 3.8) is 0 Å². The molecule has 0 spiro atoms. The number of hydrogen-bond donors (Lipinski definition) is 1. The topological polar surface area (TPSA) is 75.0 Å². The maximum Gasteiger partial charge on any atom is 0.408 e.